The molecule has 0 aliphatic heterocycles. The number of carbonyl (C=O) groups excluding carboxylic acids is 1. The van der Waals surface area contributed by atoms with Crippen molar-refractivity contribution in [3.63, 3.8) is 0 Å². The second-order valence-electron chi connectivity index (χ2n) is 5.02. The number of urea groups is 1. The fourth-order valence-corrected chi connectivity index (χ4v) is 1.89. The SMILES string of the molecule is CC1CC1CNC(=O)Nc1cccc(OCC(=O)O)c1. The zero-order valence-corrected chi connectivity index (χ0v) is 11.3. The van der Waals surface area contributed by atoms with E-state index in [1.807, 2.05) is 0 Å². The number of hydrogen-bond acceptors (Lipinski definition) is 3. The zero-order chi connectivity index (χ0) is 14.5. The van der Waals surface area contributed by atoms with Crippen LogP contribution in [0, 0.1) is 11.8 Å². The van der Waals surface area contributed by atoms with Crippen LogP contribution in [0.15, 0.2) is 24.3 Å². The van der Waals surface area contributed by atoms with Gasteiger partial charge >= 0.3 is 12.0 Å². The fourth-order valence-electron chi connectivity index (χ4n) is 1.89. The molecule has 6 nitrogen and oxygen atoms in total. The Balaban J connectivity index is 1.80. The highest BCUT2D eigenvalue weighted by Gasteiger charge is 2.32. The van der Waals surface area contributed by atoms with Gasteiger partial charge in [0, 0.05) is 18.3 Å². The highest BCUT2D eigenvalue weighted by molar-refractivity contribution is 5.89. The van der Waals surface area contributed by atoms with Crippen LogP contribution >= 0.6 is 0 Å². The molecule has 6 heteroatoms. The van der Waals surface area contributed by atoms with Crippen molar-refractivity contribution in [2.75, 3.05) is 18.5 Å². The van der Waals surface area contributed by atoms with E-state index in [0.29, 0.717) is 29.8 Å². The molecule has 1 saturated carbocycles. The Morgan fingerprint density at radius 3 is 2.85 bits per heavy atom. The Bertz CT molecular complexity index is 504. The van der Waals surface area contributed by atoms with Crippen LogP contribution in [0.3, 0.4) is 0 Å². The molecule has 108 valence electrons. The summed E-state index contributed by atoms with van der Waals surface area (Å²) in [4.78, 5) is 22.1. The third-order valence-corrected chi connectivity index (χ3v) is 3.26. The summed E-state index contributed by atoms with van der Waals surface area (Å²) in [6, 6.07) is 6.36. The van der Waals surface area contributed by atoms with Crippen LogP contribution in [-0.2, 0) is 4.79 Å². The molecule has 3 N–H and O–H groups in total. The van der Waals surface area contributed by atoms with Crippen molar-refractivity contribution in [3.05, 3.63) is 24.3 Å². The van der Waals surface area contributed by atoms with Gasteiger partial charge in [-0.25, -0.2) is 9.59 Å². The summed E-state index contributed by atoms with van der Waals surface area (Å²) in [5.74, 6) is 0.648. The second kappa shape index (κ2) is 6.27. The largest absolute Gasteiger partial charge is 0.482 e. The highest BCUT2D eigenvalue weighted by atomic mass is 16.5. The average molecular weight is 278 g/mol. The lowest BCUT2D eigenvalue weighted by Gasteiger charge is -2.09. The lowest BCUT2D eigenvalue weighted by molar-refractivity contribution is -0.139. The summed E-state index contributed by atoms with van der Waals surface area (Å²) in [6.07, 6.45) is 1.17. The molecular weight excluding hydrogens is 260 g/mol. The summed E-state index contributed by atoms with van der Waals surface area (Å²) < 4.78 is 5.04. The number of aliphatic carboxylic acids is 1. The highest BCUT2D eigenvalue weighted by Crippen LogP contribution is 2.36. The lowest BCUT2D eigenvalue weighted by Crippen LogP contribution is -2.30. The summed E-state index contributed by atoms with van der Waals surface area (Å²) in [7, 11) is 0. The van der Waals surface area contributed by atoms with E-state index in [-0.39, 0.29) is 6.03 Å². The number of benzene rings is 1. The molecule has 1 aliphatic rings. The van der Waals surface area contributed by atoms with Gasteiger partial charge in [-0.05, 0) is 30.4 Å². The van der Waals surface area contributed by atoms with Crippen LogP contribution in [0.5, 0.6) is 5.75 Å². The van der Waals surface area contributed by atoms with Gasteiger partial charge in [0.1, 0.15) is 5.75 Å². The molecule has 20 heavy (non-hydrogen) atoms. The fraction of sp³-hybridized carbons (Fsp3) is 0.429. The molecule has 0 bridgehead atoms. The normalized spacial score (nSPS) is 20.1. The van der Waals surface area contributed by atoms with Gasteiger partial charge in [0.05, 0.1) is 0 Å². The predicted octanol–water partition coefficient (Wildman–Crippen LogP) is 1.93. The van der Waals surface area contributed by atoms with Crippen molar-refractivity contribution >= 4 is 17.7 Å². The first kappa shape index (κ1) is 14.2. The van der Waals surface area contributed by atoms with E-state index >= 15 is 0 Å². The van der Waals surface area contributed by atoms with E-state index in [1.54, 1.807) is 24.3 Å². The van der Waals surface area contributed by atoms with Gasteiger partial charge in [0.2, 0.25) is 0 Å². The van der Waals surface area contributed by atoms with Gasteiger partial charge in [-0.15, -0.1) is 0 Å². The maximum absolute atomic E-state index is 11.7. The average Bonchev–Trinajstić information content (AvgIpc) is 3.10. The molecule has 2 rings (SSSR count). The van der Waals surface area contributed by atoms with Crippen molar-refractivity contribution in [1.29, 1.82) is 0 Å². The molecule has 0 aromatic heterocycles. The molecule has 1 fully saturated rings. The summed E-state index contributed by atoms with van der Waals surface area (Å²) in [6.45, 7) is 2.44. The van der Waals surface area contributed by atoms with Gasteiger partial charge in [-0.1, -0.05) is 13.0 Å². The molecule has 0 saturated heterocycles. The topological polar surface area (TPSA) is 87.7 Å². The quantitative estimate of drug-likeness (QED) is 0.742. The predicted molar refractivity (Wildman–Crippen MR) is 73.9 cm³/mol. The Kier molecular flexibility index (Phi) is 4.45. The minimum absolute atomic E-state index is 0.264. The Labute approximate surface area is 117 Å². The molecule has 2 unspecified atom stereocenters. The Morgan fingerprint density at radius 2 is 2.20 bits per heavy atom. The van der Waals surface area contributed by atoms with E-state index in [2.05, 4.69) is 17.6 Å². The van der Waals surface area contributed by atoms with E-state index in [4.69, 9.17) is 9.84 Å². The van der Waals surface area contributed by atoms with Crippen LogP contribution < -0.4 is 15.4 Å². The number of carboxylic acid groups (broad SMARTS) is 1. The third kappa shape index (κ3) is 4.46. The van der Waals surface area contributed by atoms with Gasteiger partial charge in [-0.3, -0.25) is 0 Å². The molecule has 0 heterocycles. The summed E-state index contributed by atoms with van der Waals surface area (Å²) in [5, 5.41) is 14.0. The minimum atomic E-state index is -1.04. The monoisotopic (exact) mass is 278 g/mol. The first-order valence-corrected chi connectivity index (χ1v) is 6.54. The van der Waals surface area contributed by atoms with Crippen molar-refractivity contribution in [2.45, 2.75) is 13.3 Å². The molecule has 0 radical (unpaired) electrons. The smallest absolute Gasteiger partial charge is 0.341 e. The Hall–Kier alpha value is -2.24. The third-order valence-electron chi connectivity index (χ3n) is 3.26. The number of ether oxygens (including phenoxy) is 1. The number of rotatable bonds is 6. The number of nitrogens with one attached hydrogen (secondary N) is 2. The van der Waals surface area contributed by atoms with Crippen LogP contribution in [0.25, 0.3) is 0 Å². The van der Waals surface area contributed by atoms with Gasteiger partial charge in [0.25, 0.3) is 0 Å². The van der Waals surface area contributed by atoms with Crippen LogP contribution in [0.2, 0.25) is 0 Å². The molecule has 2 amide bonds. The molecular formula is C14H18N2O4. The number of hydrogen-bond donors (Lipinski definition) is 3. The maximum Gasteiger partial charge on any atom is 0.341 e. The van der Waals surface area contributed by atoms with E-state index < -0.39 is 12.6 Å². The first-order chi connectivity index (χ1) is 9.54. The van der Waals surface area contributed by atoms with Crippen molar-refractivity contribution < 1.29 is 19.4 Å². The lowest BCUT2D eigenvalue weighted by atomic mass is 10.3. The molecule has 1 aromatic carbocycles. The second-order valence-corrected chi connectivity index (χ2v) is 5.02. The van der Waals surface area contributed by atoms with Gasteiger partial charge < -0.3 is 20.5 Å². The van der Waals surface area contributed by atoms with Crippen LogP contribution in [0.1, 0.15) is 13.3 Å². The summed E-state index contributed by atoms with van der Waals surface area (Å²) in [5.41, 5.74) is 0.564. The van der Waals surface area contributed by atoms with Crippen molar-refractivity contribution in [1.82, 2.24) is 5.32 Å². The van der Waals surface area contributed by atoms with E-state index in [0.717, 1.165) is 0 Å². The van der Waals surface area contributed by atoms with E-state index in [9.17, 15) is 9.59 Å². The van der Waals surface area contributed by atoms with Crippen molar-refractivity contribution in [3.8, 4) is 5.75 Å². The zero-order valence-electron chi connectivity index (χ0n) is 11.3. The molecule has 0 spiro atoms. The standard InChI is InChI=1S/C14H18N2O4/c1-9-5-10(9)7-15-14(19)16-11-3-2-4-12(6-11)20-8-13(17)18/h2-4,6,9-10H,5,7-8H2,1H3,(H,17,18)(H2,15,16,19). The minimum Gasteiger partial charge on any atom is -0.482 e. The molecule has 2 atom stereocenters. The number of anilines is 1. The van der Waals surface area contributed by atoms with Gasteiger partial charge in [-0.2, -0.15) is 0 Å². The number of carbonyl (C=O) groups is 2. The maximum atomic E-state index is 11.7. The Morgan fingerprint density at radius 1 is 1.45 bits per heavy atom. The number of amides is 2. The molecule has 1 aromatic rings. The number of carboxylic acids is 1. The van der Waals surface area contributed by atoms with Crippen LogP contribution in [-0.4, -0.2) is 30.3 Å². The molecule has 1 aliphatic carbocycles. The first-order valence-electron chi connectivity index (χ1n) is 6.54. The van der Waals surface area contributed by atoms with Crippen LogP contribution in [0.4, 0.5) is 10.5 Å². The van der Waals surface area contributed by atoms with Crippen molar-refractivity contribution in [2.24, 2.45) is 11.8 Å². The van der Waals surface area contributed by atoms with Gasteiger partial charge in [0.15, 0.2) is 6.61 Å². The van der Waals surface area contributed by atoms with E-state index in [1.165, 1.54) is 6.42 Å². The summed E-state index contributed by atoms with van der Waals surface area (Å²) >= 11 is 0.